The number of rotatable bonds is 2. The molecule has 0 bridgehead atoms. The van der Waals surface area contributed by atoms with Gasteiger partial charge in [-0.05, 0) is 52.7 Å². The lowest BCUT2D eigenvalue weighted by Crippen LogP contribution is -2.40. The second-order valence-electron chi connectivity index (χ2n) is 7.51. The van der Waals surface area contributed by atoms with E-state index in [4.69, 9.17) is 9.72 Å². The molecule has 6 heteroatoms. The smallest absolute Gasteiger partial charge is 0.411 e. The van der Waals surface area contributed by atoms with Crippen LogP contribution in [-0.2, 0) is 4.74 Å². The third-order valence-corrected chi connectivity index (χ3v) is 4.85. The number of carbonyl (C=O) groups is 1. The van der Waals surface area contributed by atoms with Gasteiger partial charge < -0.3 is 9.72 Å². The Labute approximate surface area is 156 Å². The number of halogens is 1. The van der Waals surface area contributed by atoms with E-state index in [9.17, 15) is 4.79 Å². The summed E-state index contributed by atoms with van der Waals surface area (Å²) < 4.78 is 6.62. The van der Waals surface area contributed by atoms with Gasteiger partial charge in [-0.1, -0.05) is 28.1 Å². The summed E-state index contributed by atoms with van der Waals surface area (Å²) in [6, 6.07) is 8.10. The summed E-state index contributed by atoms with van der Waals surface area (Å²) in [6.07, 6.45) is 3.45. The van der Waals surface area contributed by atoms with Crippen LogP contribution in [-0.4, -0.2) is 32.6 Å². The standard InChI is InChI=1S/C19H24BrN3O2/c1-12-5-10-16(23(12)18(24)25-19(2,3)4)17-21-11-15(22-17)13-6-8-14(20)9-7-13/h6-9,11-12,16H,5,10H2,1-4H3,(H,21,22)/t12-,16-/m0/s1. The Morgan fingerprint density at radius 3 is 2.60 bits per heavy atom. The first-order valence-corrected chi connectivity index (χ1v) is 9.36. The Morgan fingerprint density at radius 2 is 1.96 bits per heavy atom. The fraction of sp³-hybridized carbons (Fsp3) is 0.474. The normalized spacial score (nSPS) is 20.8. The van der Waals surface area contributed by atoms with Gasteiger partial charge in [0, 0.05) is 22.3 Å². The number of hydrogen-bond donors (Lipinski definition) is 1. The zero-order chi connectivity index (χ0) is 18.2. The Bertz CT molecular complexity index is 749. The molecule has 1 aliphatic heterocycles. The van der Waals surface area contributed by atoms with Crippen molar-refractivity contribution in [1.29, 1.82) is 0 Å². The molecule has 3 rings (SSSR count). The predicted octanol–water partition coefficient (Wildman–Crippen LogP) is 5.30. The zero-order valence-corrected chi connectivity index (χ0v) is 16.6. The quantitative estimate of drug-likeness (QED) is 0.736. The van der Waals surface area contributed by atoms with E-state index in [1.807, 2.05) is 56.1 Å². The van der Waals surface area contributed by atoms with Crippen LogP contribution in [0.25, 0.3) is 11.3 Å². The molecule has 0 saturated carbocycles. The maximum Gasteiger partial charge on any atom is 0.411 e. The lowest BCUT2D eigenvalue weighted by atomic mass is 10.2. The number of amides is 1. The van der Waals surface area contributed by atoms with Gasteiger partial charge in [-0.25, -0.2) is 9.78 Å². The Hall–Kier alpha value is -1.82. The van der Waals surface area contributed by atoms with E-state index in [2.05, 4.69) is 27.8 Å². The van der Waals surface area contributed by atoms with Gasteiger partial charge in [0.25, 0.3) is 0 Å². The molecule has 134 valence electrons. The first kappa shape index (κ1) is 18.0. The van der Waals surface area contributed by atoms with Crippen molar-refractivity contribution in [3.05, 3.63) is 40.8 Å². The van der Waals surface area contributed by atoms with E-state index in [1.165, 1.54) is 0 Å². The van der Waals surface area contributed by atoms with Crippen LogP contribution in [0.4, 0.5) is 4.79 Å². The van der Waals surface area contributed by atoms with Crippen LogP contribution in [0.1, 0.15) is 52.4 Å². The van der Waals surface area contributed by atoms with E-state index >= 15 is 0 Å². The fourth-order valence-electron chi connectivity index (χ4n) is 3.15. The molecule has 0 unspecified atom stereocenters. The predicted molar refractivity (Wildman–Crippen MR) is 101 cm³/mol. The van der Waals surface area contributed by atoms with Crippen molar-refractivity contribution in [2.24, 2.45) is 0 Å². The summed E-state index contributed by atoms with van der Waals surface area (Å²) >= 11 is 3.45. The highest BCUT2D eigenvalue weighted by molar-refractivity contribution is 9.10. The lowest BCUT2D eigenvalue weighted by molar-refractivity contribution is 0.0152. The molecule has 0 spiro atoms. The number of nitrogens with one attached hydrogen (secondary N) is 1. The van der Waals surface area contributed by atoms with E-state index < -0.39 is 5.60 Å². The molecule has 5 nitrogen and oxygen atoms in total. The molecule has 0 aliphatic carbocycles. The summed E-state index contributed by atoms with van der Waals surface area (Å²) in [7, 11) is 0. The van der Waals surface area contributed by atoms with Gasteiger partial charge in [0.2, 0.25) is 0 Å². The minimum absolute atomic E-state index is 0.0750. The van der Waals surface area contributed by atoms with E-state index in [0.29, 0.717) is 0 Å². The lowest BCUT2D eigenvalue weighted by Gasteiger charge is -2.30. The maximum absolute atomic E-state index is 12.6. The summed E-state index contributed by atoms with van der Waals surface area (Å²) in [5.41, 5.74) is 1.42. The van der Waals surface area contributed by atoms with Crippen molar-refractivity contribution >= 4 is 22.0 Å². The SMILES string of the molecule is C[C@H]1CC[C@@H](c2nc(-c3ccc(Br)cc3)c[nH]2)N1C(=O)OC(C)(C)C. The van der Waals surface area contributed by atoms with Crippen LogP contribution < -0.4 is 0 Å². The monoisotopic (exact) mass is 405 g/mol. The summed E-state index contributed by atoms with van der Waals surface area (Å²) in [4.78, 5) is 22.4. The molecule has 1 aromatic carbocycles. The van der Waals surface area contributed by atoms with Crippen LogP contribution >= 0.6 is 15.9 Å². The molecule has 1 fully saturated rings. The maximum atomic E-state index is 12.6. The van der Waals surface area contributed by atoms with E-state index in [0.717, 1.165) is 34.4 Å². The van der Waals surface area contributed by atoms with Crippen LogP contribution in [0.5, 0.6) is 0 Å². The molecule has 1 amide bonds. The largest absolute Gasteiger partial charge is 0.444 e. The number of carbonyl (C=O) groups excluding carboxylic acids is 1. The second-order valence-corrected chi connectivity index (χ2v) is 8.42. The Kier molecular flexibility index (Phi) is 4.91. The average Bonchev–Trinajstić information content (AvgIpc) is 3.12. The number of H-pyrrole nitrogens is 1. The Balaban J connectivity index is 1.83. The van der Waals surface area contributed by atoms with Crippen molar-refractivity contribution in [3.8, 4) is 11.3 Å². The van der Waals surface area contributed by atoms with Gasteiger partial charge in [-0.2, -0.15) is 0 Å². The van der Waals surface area contributed by atoms with E-state index in [1.54, 1.807) is 0 Å². The zero-order valence-electron chi connectivity index (χ0n) is 15.0. The molecular formula is C19H24BrN3O2. The molecule has 1 saturated heterocycles. The molecule has 25 heavy (non-hydrogen) atoms. The fourth-order valence-corrected chi connectivity index (χ4v) is 3.41. The average molecular weight is 406 g/mol. The third-order valence-electron chi connectivity index (χ3n) is 4.33. The van der Waals surface area contributed by atoms with Crippen molar-refractivity contribution in [2.45, 2.75) is 58.2 Å². The highest BCUT2D eigenvalue weighted by Gasteiger charge is 2.39. The van der Waals surface area contributed by atoms with E-state index in [-0.39, 0.29) is 18.2 Å². The van der Waals surface area contributed by atoms with Gasteiger partial charge in [0.1, 0.15) is 11.4 Å². The summed E-state index contributed by atoms with van der Waals surface area (Å²) in [5.74, 6) is 0.813. The molecule has 1 aliphatic rings. The third kappa shape index (κ3) is 4.06. The number of hydrogen-bond acceptors (Lipinski definition) is 3. The number of likely N-dealkylation sites (tertiary alicyclic amines) is 1. The van der Waals surface area contributed by atoms with Gasteiger partial charge in [0.05, 0.1) is 11.7 Å². The number of imidazole rings is 1. The number of ether oxygens (including phenoxy) is 1. The summed E-state index contributed by atoms with van der Waals surface area (Å²) in [5, 5.41) is 0. The van der Waals surface area contributed by atoms with Crippen LogP contribution in [0.15, 0.2) is 34.9 Å². The molecule has 2 aromatic rings. The minimum atomic E-state index is -0.504. The van der Waals surface area contributed by atoms with Crippen LogP contribution in [0.2, 0.25) is 0 Å². The van der Waals surface area contributed by atoms with Gasteiger partial charge in [-0.15, -0.1) is 0 Å². The molecule has 2 atom stereocenters. The topological polar surface area (TPSA) is 58.2 Å². The Morgan fingerprint density at radius 1 is 1.28 bits per heavy atom. The first-order valence-electron chi connectivity index (χ1n) is 8.57. The molecule has 1 N–H and O–H groups in total. The number of aromatic nitrogens is 2. The minimum Gasteiger partial charge on any atom is -0.444 e. The van der Waals surface area contributed by atoms with Gasteiger partial charge in [0.15, 0.2) is 0 Å². The number of nitrogens with zero attached hydrogens (tertiary/aromatic N) is 2. The molecule has 1 aromatic heterocycles. The molecule has 2 heterocycles. The number of aromatic amines is 1. The highest BCUT2D eigenvalue weighted by atomic mass is 79.9. The van der Waals surface area contributed by atoms with Gasteiger partial charge >= 0.3 is 6.09 Å². The first-order chi connectivity index (χ1) is 11.7. The van der Waals surface area contributed by atoms with Crippen molar-refractivity contribution in [3.63, 3.8) is 0 Å². The molecule has 0 radical (unpaired) electrons. The summed E-state index contributed by atoms with van der Waals surface area (Å²) in [6.45, 7) is 7.72. The molecular weight excluding hydrogens is 382 g/mol. The van der Waals surface area contributed by atoms with Crippen molar-refractivity contribution < 1.29 is 9.53 Å². The highest BCUT2D eigenvalue weighted by Crippen LogP contribution is 2.36. The van der Waals surface area contributed by atoms with Crippen LogP contribution in [0, 0.1) is 0 Å². The van der Waals surface area contributed by atoms with Crippen molar-refractivity contribution in [2.75, 3.05) is 0 Å². The van der Waals surface area contributed by atoms with Crippen LogP contribution in [0.3, 0.4) is 0 Å². The van der Waals surface area contributed by atoms with Gasteiger partial charge in [-0.3, -0.25) is 4.90 Å². The second kappa shape index (κ2) is 6.83. The van der Waals surface area contributed by atoms with Crippen molar-refractivity contribution in [1.82, 2.24) is 14.9 Å². The number of benzene rings is 1.